The molecule has 20 heavy (non-hydrogen) atoms. The Labute approximate surface area is 115 Å². The van der Waals surface area contributed by atoms with Crippen molar-refractivity contribution < 1.29 is 14.8 Å². The second kappa shape index (κ2) is 5.13. The van der Waals surface area contributed by atoms with Gasteiger partial charge >= 0.3 is 5.97 Å². The first-order valence-corrected chi connectivity index (χ1v) is 5.99. The molecule has 0 bridgehead atoms. The summed E-state index contributed by atoms with van der Waals surface area (Å²) in [4.78, 5) is 21.6. The lowest BCUT2D eigenvalue weighted by Crippen LogP contribution is -2.01. The molecule has 0 saturated carbocycles. The van der Waals surface area contributed by atoms with Crippen molar-refractivity contribution in [3.63, 3.8) is 0 Å². The van der Waals surface area contributed by atoms with E-state index in [0.29, 0.717) is 11.1 Å². The van der Waals surface area contributed by atoms with E-state index in [-0.39, 0.29) is 11.3 Å². The summed E-state index contributed by atoms with van der Waals surface area (Å²) in [5.74, 6) is -1.10. The number of rotatable bonds is 3. The Balaban J connectivity index is 2.72. The molecule has 0 heterocycles. The first-order valence-electron chi connectivity index (χ1n) is 5.99. The number of nitrogens with zero attached hydrogens (tertiary/aromatic N) is 1. The van der Waals surface area contributed by atoms with Gasteiger partial charge in [-0.15, -0.1) is 0 Å². The SMILES string of the molecule is Cc1ccc(-c2cc([N+](=O)[O-])ccc2C(=O)O)c(C)c1. The third-order valence-electron chi connectivity index (χ3n) is 3.12. The minimum absolute atomic E-state index is 0.0579. The average Bonchev–Trinajstić information content (AvgIpc) is 2.37. The predicted octanol–water partition coefficient (Wildman–Crippen LogP) is 3.58. The molecule has 0 saturated heterocycles. The summed E-state index contributed by atoms with van der Waals surface area (Å²) in [5.41, 5.74) is 2.93. The summed E-state index contributed by atoms with van der Waals surface area (Å²) in [7, 11) is 0. The maximum Gasteiger partial charge on any atom is 0.336 e. The second-order valence-corrected chi connectivity index (χ2v) is 4.61. The number of non-ortho nitro benzene ring substituents is 1. The van der Waals surface area contributed by atoms with Crippen LogP contribution in [0.4, 0.5) is 5.69 Å². The first-order chi connectivity index (χ1) is 9.40. The van der Waals surface area contributed by atoms with Gasteiger partial charge in [-0.25, -0.2) is 4.79 Å². The van der Waals surface area contributed by atoms with E-state index in [1.165, 1.54) is 18.2 Å². The van der Waals surface area contributed by atoms with E-state index >= 15 is 0 Å². The van der Waals surface area contributed by atoms with Crippen molar-refractivity contribution >= 4 is 11.7 Å². The first kappa shape index (κ1) is 13.7. The van der Waals surface area contributed by atoms with E-state index < -0.39 is 10.9 Å². The highest BCUT2D eigenvalue weighted by atomic mass is 16.6. The molecule has 2 rings (SSSR count). The molecule has 0 amide bonds. The third kappa shape index (κ3) is 2.51. The zero-order chi connectivity index (χ0) is 14.9. The normalized spacial score (nSPS) is 10.3. The van der Waals surface area contributed by atoms with E-state index in [0.717, 1.165) is 11.1 Å². The zero-order valence-corrected chi connectivity index (χ0v) is 11.1. The summed E-state index contributed by atoms with van der Waals surface area (Å²) < 4.78 is 0. The molecule has 0 unspecified atom stereocenters. The van der Waals surface area contributed by atoms with Crippen LogP contribution in [0.5, 0.6) is 0 Å². The average molecular weight is 271 g/mol. The summed E-state index contributed by atoms with van der Waals surface area (Å²) in [6.45, 7) is 3.79. The lowest BCUT2D eigenvalue weighted by Gasteiger charge is -2.10. The molecule has 0 spiro atoms. The van der Waals surface area contributed by atoms with Crippen LogP contribution in [0.3, 0.4) is 0 Å². The topological polar surface area (TPSA) is 80.4 Å². The van der Waals surface area contributed by atoms with Gasteiger partial charge in [0, 0.05) is 17.7 Å². The van der Waals surface area contributed by atoms with Crippen LogP contribution in [0, 0.1) is 24.0 Å². The number of carbonyl (C=O) groups is 1. The molecule has 0 fully saturated rings. The fourth-order valence-electron chi connectivity index (χ4n) is 2.17. The van der Waals surface area contributed by atoms with E-state index in [1.54, 1.807) is 6.07 Å². The quantitative estimate of drug-likeness (QED) is 0.683. The highest BCUT2D eigenvalue weighted by molar-refractivity contribution is 5.97. The van der Waals surface area contributed by atoms with Gasteiger partial charge in [-0.2, -0.15) is 0 Å². The van der Waals surface area contributed by atoms with E-state index in [2.05, 4.69) is 0 Å². The summed E-state index contributed by atoms with van der Waals surface area (Å²) >= 11 is 0. The molecule has 0 radical (unpaired) electrons. The van der Waals surface area contributed by atoms with E-state index in [4.69, 9.17) is 0 Å². The summed E-state index contributed by atoms with van der Waals surface area (Å²) in [6.07, 6.45) is 0. The number of carboxylic acid groups (broad SMARTS) is 1. The number of carboxylic acids is 1. The molecule has 1 N–H and O–H groups in total. The lowest BCUT2D eigenvalue weighted by atomic mass is 9.94. The molecular weight excluding hydrogens is 258 g/mol. The van der Waals surface area contributed by atoms with Crippen LogP contribution >= 0.6 is 0 Å². The van der Waals surface area contributed by atoms with Crippen LogP contribution in [0.15, 0.2) is 36.4 Å². The Kier molecular flexibility index (Phi) is 3.52. The van der Waals surface area contributed by atoms with E-state index in [1.807, 2.05) is 26.0 Å². The van der Waals surface area contributed by atoms with Crippen LogP contribution in [-0.4, -0.2) is 16.0 Å². The second-order valence-electron chi connectivity index (χ2n) is 4.61. The van der Waals surface area contributed by atoms with Gasteiger partial charge in [0.15, 0.2) is 0 Å². The Morgan fingerprint density at radius 2 is 1.80 bits per heavy atom. The summed E-state index contributed by atoms with van der Waals surface area (Å²) in [6, 6.07) is 9.34. The molecule has 0 aliphatic carbocycles. The lowest BCUT2D eigenvalue weighted by molar-refractivity contribution is -0.384. The van der Waals surface area contributed by atoms with Crippen molar-refractivity contribution in [2.75, 3.05) is 0 Å². The number of hydrogen-bond acceptors (Lipinski definition) is 3. The molecule has 0 atom stereocenters. The van der Waals surface area contributed by atoms with E-state index in [9.17, 15) is 20.0 Å². The Hall–Kier alpha value is -2.69. The zero-order valence-electron chi connectivity index (χ0n) is 11.1. The molecule has 2 aromatic carbocycles. The van der Waals surface area contributed by atoms with Gasteiger partial charge in [0.2, 0.25) is 0 Å². The third-order valence-corrected chi connectivity index (χ3v) is 3.12. The smallest absolute Gasteiger partial charge is 0.336 e. The largest absolute Gasteiger partial charge is 0.478 e. The fourth-order valence-corrected chi connectivity index (χ4v) is 2.17. The molecule has 5 nitrogen and oxygen atoms in total. The van der Waals surface area contributed by atoms with Gasteiger partial charge in [-0.1, -0.05) is 23.8 Å². The van der Waals surface area contributed by atoms with Crippen LogP contribution in [0.2, 0.25) is 0 Å². The number of aryl methyl sites for hydroxylation is 2. The van der Waals surface area contributed by atoms with Crippen molar-refractivity contribution in [2.24, 2.45) is 0 Å². The fraction of sp³-hybridized carbons (Fsp3) is 0.133. The minimum atomic E-state index is -1.10. The van der Waals surface area contributed by atoms with Crippen LogP contribution in [-0.2, 0) is 0 Å². The highest BCUT2D eigenvalue weighted by Crippen LogP contribution is 2.31. The molecule has 0 aliphatic rings. The van der Waals surface area contributed by atoms with Gasteiger partial charge in [-0.3, -0.25) is 10.1 Å². The van der Waals surface area contributed by atoms with Crippen molar-refractivity contribution in [1.29, 1.82) is 0 Å². The van der Waals surface area contributed by atoms with Crippen molar-refractivity contribution in [3.8, 4) is 11.1 Å². The van der Waals surface area contributed by atoms with Crippen LogP contribution in [0.25, 0.3) is 11.1 Å². The molecular formula is C15H13NO4. The van der Waals surface area contributed by atoms with Crippen LogP contribution < -0.4 is 0 Å². The number of benzene rings is 2. The molecule has 0 aromatic heterocycles. The Morgan fingerprint density at radius 3 is 2.35 bits per heavy atom. The van der Waals surface area contributed by atoms with Gasteiger partial charge < -0.3 is 5.11 Å². The van der Waals surface area contributed by atoms with Gasteiger partial charge in [0.05, 0.1) is 10.5 Å². The minimum Gasteiger partial charge on any atom is -0.478 e. The molecule has 102 valence electrons. The van der Waals surface area contributed by atoms with Crippen LogP contribution in [0.1, 0.15) is 21.5 Å². The standard InChI is InChI=1S/C15H13NO4/c1-9-3-5-12(10(2)7-9)14-8-11(16(19)20)4-6-13(14)15(17)18/h3-8H,1-2H3,(H,17,18). The number of hydrogen-bond donors (Lipinski definition) is 1. The maximum atomic E-state index is 11.3. The highest BCUT2D eigenvalue weighted by Gasteiger charge is 2.17. The number of nitro benzene ring substituents is 1. The Morgan fingerprint density at radius 1 is 1.10 bits per heavy atom. The van der Waals surface area contributed by atoms with Gasteiger partial charge in [-0.05, 0) is 31.0 Å². The number of nitro groups is 1. The molecule has 5 heteroatoms. The maximum absolute atomic E-state index is 11.3. The molecule has 2 aromatic rings. The summed E-state index contributed by atoms with van der Waals surface area (Å²) in [5, 5.41) is 20.1. The predicted molar refractivity (Wildman–Crippen MR) is 75.0 cm³/mol. The van der Waals surface area contributed by atoms with Gasteiger partial charge in [0.1, 0.15) is 0 Å². The molecule has 0 aliphatic heterocycles. The monoisotopic (exact) mass is 271 g/mol. The number of aromatic carboxylic acids is 1. The van der Waals surface area contributed by atoms with Gasteiger partial charge in [0.25, 0.3) is 5.69 Å². The Bertz CT molecular complexity index is 707. The van der Waals surface area contributed by atoms with Crippen molar-refractivity contribution in [2.45, 2.75) is 13.8 Å². The van der Waals surface area contributed by atoms with Crippen molar-refractivity contribution in [1.82, 2.24) is 0 Å². The van der Waals surface area contributed by atoms with Crippen molar-refractivity contribution in [3.05, 3.63) is 63.2 Å².